The van der Waals surface area contributed by atoms with Gasteiger partial charge in [0.1, 0.15) is 12.7 Å². The van der Waals surface area contributed by atoms with E-state index in [1.54, 1.807) is 0 Å². The van der Waals surface area contributed by atoms with Gasteiger partial charge in [-0.25, -0.2) is 0 Å². The predicted octanol–water partition coefficient (Wildman–Crippen LogP) is -2.08. The Kier molecular flexibility index (Phi) is 4.63. The van der Waals surface area contributed by atoms with Gasteiger partial charge in [-0.1, -0.05) is 0 Å². The maximum atomic E-state index is 11.0. The summed E-state index contributed by atoms with van der Waals surface area (Å²) in [7, 11) is 0. The van der Waals surface area contributed by atoms with E-state index in [1.807, 2.05) is 0 Å². The topological polar surface area (TPSA) is 123 Å². The Hall–Kier alpha value is -1.22. The van der Waals surface area contributed by atoms with Gasteiger partial charge in [-0.05, 0) is 0 Å². The van der Waals surface area contributed by atoms with Gasteiger partial charge in [0.25, 0.3) is 0 Å². The van der Waals surface area contributed by atoms with Crippen molar-refractivity contribution in [2.24, 2.45) is 0 Å². The van der Waals surface area contributed by atoms with Crippen LogP contribution >= 0.6 is 0 Å². The molecule has 4 atom stereocenters. The Bertz CT molecular complexity index is 330. The second-order valence-corrected chi connectivity index (χ2v) is 3.95. The number of hydrogen-bond acceptors (Lipinski definition) is 8. The fraction of sp³-hybridized carbons (Fsp3) is 0.800. The van der Waals surface area contributed by atoms with Crippen LogP contribution in [0, 0.1) is 0 Å². The van der Waals surface area contributed by atoms with Crippen LogP contribution in [0.5, 0.6) is 0 Å². The smallest absolute Gasteiger partial charge is 0.303 e. The van der Waals surface area contributed by atoms with Crippen LogP contribution in [0.1, 0.15) is 13.8 Å². The highest BCUT2D eigenvalue weighted by molar-refractivity contribution is 5.67. The summed E-state index contributed by atoms with van der Waals surface area (Å²) in [5, 5.41) is 28.1. The minimum Gasteiger partial charge on any atom is -0.455 e. The molecule has 0 spiro atoms. The molecule has 0 aromatic carbocycles. The molecule has 0 radical (unpaired) electrons. The van der Waals surface area contributed by atoms with E-state index in [-0.39, 0.29) is 0 Å². The standard InChI is InChI=1S/C10H16O8/c1-5(13)16-8-7(3-11)18-10(15,4-12)9(8)17-6(2)14/h7-9,11-12,15H,3-4H2,1-2H3/t7-,8-,9+,10?/m1/s1. The summed E-state index contributed by atoms with van der Waals surface area (Å²) in [6.45, 7) is 0.766. The molecule has 8 heteroatoms. The maximum absolute atomic E-state index is 11.0. The third-order valence-electron chi connectivity index (χ3n) is 2.47. The van der Waals surface area contributed by atoms with Gasteiger partial charge in [0, 0.05) is 13.8 Å². The number of esters is 2. The van der Waals surface area contributed by atoms with Crippen LogP contribution in [-0.2, 0) is 23.8 Å². The summed E-state index contributed by atoms with van der Waals surface area (Å²) in [6, 6.07) is 0. The van der Waals surface area contributed by atoms with Crippen LogP contribution in [0.15, 0.2) is 0 Å². The van der Waals surface area contributed by atoms with Crippen molar-refractivity contribution >= 4 is 11.9 Å². The van der Waals surface area contributed by atoms with Crippen molar-refractivity contribution in [1.82, 2.24) is 0 Å². The van der Waals surface area contributed by atoms with Crippen LogP contribution in [-0.4, -0.2) is 64.6 Å². The Morgan fingerprint density at radius 3 is 2.17 bits per heavy atom. The van der Waals surface area contributed by atoms with Gasteiger partial charge in [-0.3, -0.25) is 9.59 Å². The van der Waals surface area contributed by atoms with Gasteiger partial charge in [-0.2, -0.15) is 0 Å². The number of aliphatic hydroxyl groups is 3. The van der Waals surface area contributed by atoms with Gasteiger partial charge in [0.2, 0.25) is 5.79 Å². The molecule has 0 aliphatic carbocycles. The normalized spacial score (nSPS) is 35.3. The highest BCUT2D eigenvalue weighted by Gasteiger charge is 2.58. The van der Waals surface area contributed by atoms with Crippen LogP contribution in [0.2, 0.25) is 0 Å². The highest BCUT2D eigenvalue weighted by atomic mass is 16.7. The lowest BCUT2D eigenvalue weighted by atomic mass is 10.1. The molecule has 0 amide bonds. The van der Waals surface area contributed by atoms with Gasteiger partial charge in [-0.15, -0.1) is 0 Å². The number of rotatable bonds is 4. The first-order valence-corrected chi connectivity index (χ1v) is 5.30. The van der Waals surface area contributed by atoms with Crippen LogP contribution < -0.4 is 0 Å². The molecule has 1 heterocycles. The molecule has 1 aliphatic heterocycles. The Balaban J connectivity index is 2.98. The maximum Gasteiger partial charge on any atom is 0.303 e. The predicted molar refractivity (Wildman–Crippen MR) is 55.1 cm³/mol. The molecule has 0 aromatic heterocycles. The van der Waals surface area contributed by atoms with Crippen LogP contribution in [0.4, 0.5) is 0 Å². The molecule has 0 bridgehead atoms. The van der Waals surface area contributed by atoms with E-state index in [2.05, 4.69) is 0 Å². The molecule has 1 fully saturated rings. The van der Waals surface area contributed by atoms with E-state index < -0.39 is 49.3 Å². The second-order valence-electron chi connectivity index (χ2n) is 3.95. The fourth-order valence-electron chi connectivity index (χ4n) is 1.78. The molecular weight excluding hydrogens is 248 g/mol. The van der Waals surface area contributed by atoms with E-state index in [4.69, 9.17) is 24.4 Å². The zero-order chi connectivity index (χ0) is 13.9. The van der Waals surface area contributed by atoms with Crippen molar-refractivity contribution in [1.29, 1.82) is 0 Å². The minimum absolute atomic E-state index is 0.571. The number of aliphatic hydroxyl groups excluding tert-OH is 2. The second kappa shape index (κ2) is 5.61. The number of hydrogen-bond donors (Lipinski definition) is 3. The van der Waals surface area contributed by atoms with E-state index in [1.165, 1.54) is 0 Å². The largest absolute Gasteiger partial charge is 0.455 e. The van der Waals surface area contributed by atoms with Crippen molar-refractivity contribution in [3.63, 3.8) is 0 Å². The highest BCUT2D eigenvalue weighted by Crippen LogP contribution is 2.33. The molecule has 104 valence electrons. The van der Waals surface area contributed by atoms with Crippen molar-refractivity contribution in [2.45, 2.75) is 37.9 Å². The third-order valence-corrected chi connectivity index (χ3v) is 2.47. The first-order chi connectivity index (χ1) is 8.34. The molecule has 0 aromatic rings. The molecule has 1 unspecified atom stereocenters. The number of ether oxygens (including phenoxy) is 3. The molecular formula is C10H16O8. The van der Waals surface area contributed by atoms with Crippen LogP contribution in [0.25, 0.3) is 0 Å². The summed E-state index contributed by atoms with van der Waals surface area (Å²) < 4.78 is 14.6. The number of carbonyl (C=O) groups excluding carboxylic acids is 2. The van der Waals surface area contributed by atoms with E-state index in [0.717, 1.165) is 13.8 Å². The molecule has 8 nitrogen and oxygen atoms in total. The molecule has 1 rings (SSSR count). The van der Waals surface area contributed by atoms with Crippen molar-refractivity contribution in [3.8, 4) is 0 Å². The van der Waals surface area contributed by atoms with Gasteiger partial charge >= 0.3 is 11.9 Å². The van der Waals surface area contributed by atoms with Crippen molar-refractivity contribution < 1.29 is 39.1 Å². The summed E-state index contributed by atoms with van der Waals surface area (Å²) >= 11 is 0. The van der Waals surface area contributed by atoms with Gasteiger partial charge in [0.15, 0.2) is 12.2 Å². The quantitative estimate of drug-likeness (QED) is 0.494. The Morgan fingerprint density at radius 1 is 1.22 bits per heavy atom. The molecule has 1 saturated heterocycles. The first-order valence-electron chi connectivity index (χ1n) is 5.30. The first kappa shape index (κ1) is 14.8. The lowest BCUT2D eigenvalue weighted by molar-refractivity contribution is -0.253. The molecule has 18 heavy (non-hydrogen) atoms. The summed E-state index contributed by atoms with van der Waals surface area (Å²) in [6.07, 6.45) is -3.68. The van der Waals surface area contributed by atoms with E-state index >= 15 is 0 Å². The third kappa shape index (κ3) is 2.96. The zero-order valence-electron chi connectivity index (χ0n) is 10.0. The Morgan fingerprint density at radius 2 is 1.78 bits per heavy atom. The lowest BCUT2D eigenvalue weighted by Crippen LogP contribution is -2.49. The van der Waals surface area contributed by atoms with Gasteiger partial charge in [0.05, 0.1) is 6.61 Å². The summed E-state index contributed by atoms with van der Waals surface area (Å²) in [5.41, 5.74) is 0. The number of carbonyl (C=O) groups is 2. The minimum atomic E-state index is -2.21. The lowest BCUT2D eigenvalue weighted by Gasteiger charge is -2.27. The van der Waals surface area contributed by atoms with Crippen molar-refractivity contribution in [2.75, 3.05) is 13.2 Å². The fourth-order valence-corrected chi connectivity index (χ4v) is 1.78. The van der Waals surface area contributed by atoms with Gasteiger partial charge < -0.3 is 29.5 Å². The van der Waals surface area contributed by atoms with E-state index in [0.29, 0.717) is 0 Å². The zero-order valence-corrected chi connectivity index (χ0v) is 10.0. The monoisotopic (exact) mass is 264 g/mol. The average molecular weight is 264 g/mol. The van der Waals surface area contributed by atoms with Crippen molar-refractivity contribution in [3.05, 3.63) is 0 Å². The molecule has 0 saturated carbocycles. The van der Waals surface area contributed by atoms with E-state index in [9.17, 15) is 14.7 Å². The Labute approximate surface area is 103 Å². The molecule has 1 aliphatic rings. The van der Waals surface area contributed by atoms with Crippen LogP contribution in [0.3, 0.4) is 0 Å². The molecule has 3 N–H and O–H groups in total. The average Bonchev–Trinajstić information content (AvgIpc) is 2.53. The SMILES string of the molecule is CC(=O)O[C@@H]1[C@@H](CO)OC(O)(CO)[C@H]1OC(C)=O. The summed E-state index contributed by atoms with van der Waals surface area (Å²) in [4.78, 5) is 21.9. The summed E-state index contributed by atoms with van der Waals surface area (Å²) in [5.74, 6) is -3.65.